The molecule has 2 heterocycles. The number of nitrogens with one attached hydrogen (secondary N) is 3. The monoisotopic (exact) mass is 423 g/mol. The van der Waals surface area contributed by atoms with Gasteiger partial charge in [-0.1, -0.05) is 30.3 Å². The molecule has 8 nitrogen and oxygen atoms in total. The molecule has 0 saturated heterocycles. The van der Waals surface area contributed by atoms with Crippen LogP contribution in [0, 0.1) is 0 Å². The van der Waals surface area contributed by atoms with Gasteiger partial charge in [-0.05, 0) is 45.0 Å². The predicted octanol–water partition coefficient (Wildman–Crippen LogP) is 3.07. The highest BCUT2D eigenvalue weighted by atomic mass is 16.3. The van der Waals surface area contributed by atoms with Gasteiger partial charge in [0.05, 0.1) is 6.26 Å². The van der Waals surface area contributed by atoms with Crippen LogP contribution in [0.1, 0.15) is 31.7 Å². The zero-order chi connectivity index (χ0) is 21.9. The second-order valence-electron chi connectivity index (χ2n) is 7.56. The minimum atomic E-state index is 0.445. The summed E-state index contributed by atoms with van der Waals surface area (Å²) in [7, 11) is 2.17. The highest BCUT2D eigenvalue weighted by molar-refractivity contribution is 5.79. The van der Waals surface area contributed by atoms with Crippen LogP contribution in [0.25, 0.3) is 11.6 Å². The Kier molecular flexibility index (Phi) is 8.66. The van der Waals surface area contributed by atoms with Crippen LogP contribution in [0.5, 0.6) is 0 Å². The first kappa shape index (κ1) is 22.6. The Morgan fingerprint density at radius 3 is 2.77 bits per heavy atom. The third-order valence-electron chi connectivity index (χ3n) is 5.12. The fourth-order valence-electron chi connectivity index (χ4n) is 3.17. The average Bonchev–Trinajstić information content (AvgIpc) is 3.46. The molecular weight excluding hydrogens is 390 g/mol. The van der Waals surface area contributed by atoms with Crippen molar-refractivity contribution in [2.45, 2.75) is 39.3 Å². The van der Waals surface area contributed by atoms with Gasteiger partial charge in [0.2, 0.25) is 5.82 Å². The van der Waals surface area contributed by atoms with E-state index in [1.807, 2.05) is 12.1 Å². The number of aliphatic imine (C=N–C) groups is 1. The topological polar surface area (TPSA) is 94.4 Å². The predicted molar refractivity (Wildman–Crippen MR) is 124 cm³/mol. The van der Waals surface area contributed by atoms with Crippen LogP contribution in [-0.2, 0) is 13.0 Å². The van der Waals surface area contributed by atoms with Crippen LogP contribution < -0.4 is 10.6 Å². The molecule has 3 aromatic rings. The summed E-state index contributed by atoms with van der Waals surface area (Å²) in [6.45, 7) is 7.56. The molecule has 3 N–H and O–H groups in total. The van der Waals surface area contributed by atoms with E-state index in [9.17, 15) is 0 Å². The summed E-state index contributed by atoms with van der Waals surface area (Å²) in [5.41, 5.74) is 1.33. The van der Waals surface area contributed by atoms with Gasteiger partial charge in [-0.2, -0.15) is 5.10 Å². The number of aromatic amines is 1. The SMILES string of the molecule is CCNC(=NCCC(C)N(C)Cc1ccccc1)NCCc1nc(-c2ccco2)n[nH]1. The van der Waals surface area contributed by atoms with Gasteiger partial charge in [0.15, 0.2) is 11.7 Å². The standard InChI is InChI=1S/C23H33N7O/c1-4-24-23(25-14-12-18(2)30(3)17-19-9-6-5-7-10-19)26-15-13-21-27-22(29-28-21)20-11-8-16-31-20/h5-11,16,18H,4,12-15,17H2,1-3H3,(H2,24,25,26)(H,27,28,29). The number of furan rings is 1. The van der Waals surface area contributed by atoms with E-state index in [-0.39, 0.29) is 0 Å². The third kappa shape index (κ3) is 7.25. The van der Waals surface area contributed by atoms with E-state index >= 15 is 0 Å². The normalized spacial score (nSPS) is 12.8. The minimum Gasteiger partial charge on any atom is -0.461 e. The molecule has 0 amide bonds. The van der Waals surface area contributed by atoms with Crippen LogP contribution in [0.3, 0.4) is 0 Å². The van der Waals surface area contributed by atoms with Crippen molar-refractivity contribution >= 4 is 5.96 Å². The number of guanidine groups is 1. The lowest BCUT2D eigenvalue weighted by atomic mass is 10.1. The Labute approximate surface area is 184 Å². The summed E-state index contributed by atoms with van der Waals surface area (Å²) in [5.74, 6) is 2.88. The van der Waals surface area contributed by atoms with Crippen molar-refractivity contribution in [3.05, 3.63) is 60.1 Å². The molecule has 0 bridgehead atoms. The first-order chi connectivity index (χ1) is 15.2. The Balaban J connectivity index is 1.42. The van der Waals surface area contributed by atoms with Crippen molar-refractivity contribution in [3.63, 3.8) is 0 Å². The fourth-order valence-corrected chi connectivity index (χ4v) is 3.17. The molecule has 0 radical (unpaired) electrons. The maximum absolute atomic E-state index is 5.33. The van der Waals surface area contributed by atoms with Gasteiger partial charge in [-0.15, -0.1) is 0 Å². The van der Waals surface area contributed by atoms with E-state index < -0.39 is 0 Å². The molecule has 166 valence electrons. The molecule has 1 unspecified atom stereocenters. The van der Waals surface area contributed by atoms with Gasteiger partial charge in [0.25, 0.3) is 0 Å². The van der Waals surface area contributed by atoms with E-state index in [0.717, 1.165) is 37.8 Å². The molecule has 1 atom stereocenters. The molecule has 2 aromatic heterocycles. The number of aromatic nitrogens is 3. The highest BCUT2D eigenvalue weighted by Crippen LogP contribution is 2.14. The van der Waals surface area contributed by atoms with Gasteiger partial charge < -0.3 is 15.1 Å². The first-order valence-electron chi connectivity index (χ1n) is 10.9. The summed E-state index contributed by atoms with van der Waals surface area (Å²) < 4.78 is 5.33. The summed E-state index contributed by atoms with van der Waals surface area (Å²) in [6, 6.07) is 14.7. The molecule has 3 rings (SSSR count). The Morgan fingerprint density at radius 2 is 2.03 bits per heavy atom. The zero-order valence-corrected chi connectivity index (χ0v) is 18.6. The lowest BCUT2D eigenvalue weighted by Crippen LogP contribution is -2.38. The number of hydrogen-bond acceptors (Lipinski definition) is 5. The van der Waals surface area contributed by atoms with Gasteiger partial charge in [0, 0.05) is 38.6 Å². The molecule has 0 aliphatic carbocycles. The number of nitrogens with zero attached hydrogens (tertiary/aromatic N) is 4. The van der Waals surface area contributed by atoms with E-state index in [4.69, 9.17) is 9.41 Å². The quantitative estimate of drug-likeness (QED) is 0.324. The van der Waals surface area contributed by atoms with Gasteiger partial charge in [-0.3, -0.25) is 15.0 Å². The molecule has 0 aliphatic heterocycles. The minimum absolute atomic E-state index is 0.445. The molecule has 0 aliphatic rings. The van der Waals surface area contributed by atoms with Crippen molar-refractivity contribution in [3.8, 4) is 11.6 Å². The second-order valence-corrected chi connectivity index (χ2v) is 7.56. The van der Waals surface area contributed by atoms with Crippen LogP contribution in [0.2, 0.25) is 0 Å². The molecule has 0 saturated carbocycles. The lowest BCUT2D eigenvalue weighted by Gasteiger charge is -2.24. The van der Waals surface area contributed by atoms with Crippen molar-refractivity contribution in [1.29, 1.82) is 0 Å². The maximum atomic E-state index is 5.33. The molecule has 8 heteroatoms. The van der Waals surface area contributed by atoms with Crippen molar-refractivity contribution in [1.82, 2.24) is 30.7 Å². The van der Waals surface area contributed by atoms with Crippen molar-refractivity contribution < 1.29 is 4.42 Å². The molecule has 31 heavy (non-hydrogen) atoms. The Bertz CT molecular complexity index is 905. The fraction of sp³-hybridized carbons (Fsp3) is 0.435. The zero-order valence-electron chi connectivity index (χ0n) is 18.6. The van der Waals surface area contributed by atoms with Gasteiger partial charge in [-0.25, -0.2) is 4.98 Å². The van der Waals surface area contributed by atoms with Crippen LogP contribution >= 0.6 is 0 Å². The maximum Gasteiger partial charge on any atom is 0.216 e. The van der Waals surface area contributed by atoms with E-state index in [2.05, 4.69) is 81.9 Å². The number of benzene rings is 1. The smallest absolute Gasteiger partial charge is 0.216 e. The molecule has 0 spiro atoms. The van der Waals surface area contributed by atoms with Gasteiger partial charge in [0.1, 0.15) is 5.82 Å². The van der Waals surface area contributed by atoms with Crippen LogP contribution in [-0.4, -0.2) is 58.8 Å². The molecule has 1 aromatic carbocycles. The molecule has 0 fully saturated rings. The third-order valence-corrected chi connectivity index (χ3v) is 5.12. The summed E-state index contributed by atoms with van der Waals surface area (Å²) >= 11 is 0. The van der Waals surface area contributed by atoms with E-state index in [0.29, 0.717) is 30.6 Å². The first-order valence-corrected chi connectivity index (χ1v) is 10.9. The largest absolute Gasteiger partial charge is 0.461 e. The molecular formula is C23H33N7O. The number of rotatable bonds is 11. The number of hydrogen-bond donors (Lipinski definition) is 3. The summed E-state index contributed by atoms with van der Waals surface area (Å²) in [4.78, 5) is 11.6. The van der Waals surface area contributed by atoms with Crippen molar-refractivity contribution in [2.75, 3.05) is 26.7 Å². The average molecular weight is 424 g/mol. The lowest BCUT2D eigenvalue weighted by molar-refractivity contribution is 0.240. The van der Waals surface area contributed by atoms with Crippen LogP contribution in [0.15, 0.2) is 58.1 Å². The van der Waals surface area contributed by atoms with E-state index in [1.165, 1.54) is 5.56 Å². The summed E-state index contributed by atoms with van der Waals surface area (Å²) in [5, 5.41) is 13.8. The Hall–Kier alpha value is -3.13. The highest BCUT2D eigenvalue weighted by Gasteiger charge is 2.10. The second kappa shape index (κ2) is 11.9. The van der Waals surface area contributed by atoms with Crippen molar-refractivity contribution in [2.24, 2.45) is 4.99 Å². The van der Waals surface area contributed by atoms with Crippen LogP contribution in [0.4, 0.5) is 0 Å². The number of H-pyrrole nitrogens is 1. The Morgan fingerprint density at radius 1 is 1.19 bits per heavy atom. The van der Waals surface area contributed by atoms with E-state index in [1.54, 1.807) is 6.26 Å². The summed E-state index contributed by atoms with van der Waals surface area (Å²) in [6.07, 6.45) is 3.33. The van der Waals surface area contributed by atoms with Gasteiger partial charge >= 0.3 is 0 Å².